The summed E-state index contributed by atoms with van der Waals surface area (Å²) >= 11 is 1.52. The van der Waals surface area contributed by atoms with E-state index in [1.807, 2.05) is 24.3 Å². The first-order valence-corrected chi connectivity index (χ1v) is 12.8. The zero-order valence-corrected chi connectivity index (χ0v) is 19.6. The van der Waals surface area contributed by atoms with Crippen molar-refractivity contribution >= 4 is 11.3 Å². The molecule has 1 heterocycles. The van der Waals surface area contributed by atoms with Crippen LogP contribution in [-0.2, 0) is 0 Å². The predicted molar refractivity (Wildman–Crippen MR) is 125 cm³/mol. The van der Waals surface area contributed by atoms with Crippen LogP contribution in [0.4, 0.5) is 0 Å². The molecule has 4 nitrogen and oxygen atoms in total. The van der Waals surface area contributed by atoms with E-state index >= 15 is 0 Å². The average Bonchev–Trinajstić information content (AvgIpc) is 3.26. The van der Waals surface area contributed by atoms with Crippen LogP contribution in [0.3, 0.4) is 0 Å². The fourth-order valence-electron chi connectivity index (χ4n) is 4.32. The number of ether oxygens (including phenoxy) is 2. The van der Waals surface area contributed by atoms with Gasteiger partial charge < -0.3 is 9.47 Å². The molecule has 1 aliphatic rings. The van der Waals surface area contributed by atoms with Gasteiger partial charge in [0, 0.05) is 5.56 Å². The zero-order chi connectivity index (χ0) is 21.0. The Balaban J connectivity index is 1.32. The Labute approximate surface area is 186 Å². The molecule has 3 rings (SSSR count). The van der Waals surface area contributed by atoms with Crippen LogP contribution in [0.2, 0.25) is 0 Å². The first-order valence-electron chi connectivity index (χ1n) is 12.0. The third-order valence-corrected chi connectivity index (χ3v) is 7.03. The molecular formula is C25H38N2O2S. The molecule has 1 aromatic carbocycles. The molecule has 1 fully saturated rings. The number of hydrogen-bond acceptors (Lipinski definition) is 5. The number of hydrogen-bond donors (Lipinski definition) is 0. The second-order valence-corrected chi connectivity index (χ2v) is 9.56. The number of nitrogens with zero attached hydrogens (tertiary/aromatic N) is 2. The summed E-state index contributed by atoms with van der Waals surface area (Å²) in [6, 6.07) is 8.05. The Morgan fingerprint density at radius 1 is 0.800 bits per heavy atom. The summed E-state index contributed by atoms with van der Waals surface area (Å²) in [7, 11) is 0. The molecular weight excluding hydrogens is 392 g/mol. The van der Waals surface area contributed by atoms with Gasteiger partial charge in [-0.15, -0.1) is 5.10 Å². The van der Waals surface area contributed by atoms with Crippen LogP contribution >= 0.6 is 11.3 Å². The number of aromatic nitrogens is 2. The Kier molecular flexibility index (Phi) is 9.94. The van der Waals surface area contributed by atoms with E-state index in [-0.39, 0.29) is 0 Å². The van der Waals surface area contributed by atoms with Crippen molar-refractivity contribution < 1.29 is 9.47 Å². The van der Waals surface area contributed by atoms with Gasteiger partial charge in [-0.1, -0.05) is 81.6 Å². The van der Waals surface area contributed by atoms with Gasteiger partial charge in [-0.25, -0.2) is 0 Å². The van der Waals surface area contributed by atoms with Crippen LogP contribution < -0.4 is 9.47 Å². The minimum absolute atomic E-state index is 0.677. The molecule has 1 saturated carbocycles. The van der Waals surface area contributed by atoms with Crippen LogP contribution in [0.5, 0.6) is 10.9 Å². The number of rotatable bonds is 13. The summed E-state index contributed by atoms with van der Waals surface area (Å²) in [5, 5.41) is 10.1. The van der Waals surface area contributed by atoms with Gasteiger partial charge in [0.2, 0.25) is 0 Å². The monoisotopic (exact) mass is 430 g/mol. The van der Waals surface area contributed by atoms with Gasteiger partial charge in [0.1, 0.15) is 5.75 Å². The van der Waals surface area contributed by atoms with E-state index in [0.717, 1.165) is 54.2 Å². The van der Waals surface area contributed by atoms with Crippen molar-refractivity contribution in [2.24, 2.45) is 11.8 Å². The van der Waals surface area contributed by atoms with Crippen molar-refractivity contribution in [2.75, 3.05) is 13.2 Å². The molecule has 0 bridgehead atoms. The SMILES string of the molecule is CCCCCC1CCC(CCCOc2nnc(-c3ccc(OCCC)cc3)s2)CC1. The fourth-order valence-corrected chi connectivity index (χ4v) is 5.05. The summed E-state index contributed by atoms with van der Waals surface area (Å²) < 4.78 is 11.5. The molecule has 0 N–H and O–H groups in total. The second kappa shape index (κ2) is 12.9. The highest BCUT2D eigenvalue weighted by atomic mass is 32.1. The van der Waals surface area contributed by atoms with E-state index in [4.69, 9.17) is 9.47 Å². The van der Waals surface area contributed by atoms with Crippen LogP contribution in [0.15, 0.2) is 24.3 Å². The van der Waals surface area contributed by atoms with Gasteiger partial charge in [-0.2, -0.15) is 0 Å². The van der Waals surface area contributed by atoms with Gasteiger partial charge in [0.15, 0.2) is 5.01 Å². The summed E-state index contributed by atoms with van der Waals surface area (Å²) in [6.45, 7) is 5.89. The van der Waals surface area contributed by atoms with Crippen LogP contribution in [0.25, 0.3) is 10.6 Å². The Morgan fingerprint density at radius 2 is 1.50 bits per heavy atom. The third-order valence-electron chi connectivity index (χ3n) is 6.15. The molecule has 5 heteroatoms. The highest BCUT2D eigenvalue weighted by Crippen LogP contribution is 2.34. The molecule has 166 valence electrons. The first-order chi connectivity index (χ1) is 14.8. The lowest BCUT2D eigenvalue weighted by Crippen LogP contribution is -2.15. The highest BCUT2D eigenvalue weighted by Gasteiger charge is 2.20. The predicted octanol–water partition coefficient (Wildman–Crippen LogP) is 7.54. The Morgan fingerprint density at radius 3 is 2.17 bits per heavy atom. The summed E-state index contributed by atoms with van der Waals surface area (Å²) in [4.78, 5) is 0. The Bertz CT molecular complexity index is 708. The van der Waals surface area contributed by atoms with Gasteiger partial charge in [-0.05, 0) is 55.4 Å². The molecule has 0 radical (unpaired) electrons. The minimum Gasteiger partial charge on any atom is -0.494 e. The molecule has 30 heavy (non-hydrogen) atoms. The van der Waals surface area contributed by atoms with Crippen molar-refractivity contribution in [1.82, 2.24) is 10.2 Å². The van der Waals surface area contributed by atoms with E-state index < -0.39 is 0 Å². The molecule has 0 atom stereocenters. The van der Waals surface area contributed by atoms with Gasteiger partial charge in [0.25, 0.3) is 5.19 Å². The topological polar surface area (TPSA) is 44.2 Å². The molecule has 0 saturated heterocycles. The van der Waals surface area contributed by atoms with E-state index in [1.54, 1.807) is 0 Å². The van der Waals surface area contributed by atoms with Crippen LogP contribution in [0.1, 0.15) is 84.5 Å². The van der Waals surface area contributed by atoms with E-state index in [0.29, 0.717) is 5.19 Å². The first kappa shape index (κ1) is 23.1. The molecule has 0 amide bonds. The molecule has 0 unspecified atom stereocenters. The summed E-state index contributed by atoms with van der Waals surface area (Å²) in [6.07, 6.45) is 14.8. The standard InChI is InChI=1S/C25H38N2O2S/c1-3-5-6-8-20-10-12-21(13-11-20)9-7-19-29-25-27-26-24(30-25)22-14-16-23(17-15-22)28-18-4-2/h14-17,20-21H,3-13,18-19H2,1-2H3. The van der Waals surface area contributed by atoms with Crippen molar-refractivity contribution in [1.29, 1.82) is 0 Å². The molecule has 1 aromatic heterocycles. The smallest absolute Gasteiger partial charge is 0.294 e. The largest absolute Gasteiger partial charge is 0.494 e. The second-order valence-electron chi connectivity index (χ2n) is 8.62. The maximum absolute atomic E-state index is 5.88. The van der Waals surface area contributed by atoms with Crippen molar-refractivity contribution in [3.8, 4) is 21.5 Å². The fraction of sp³-hybridized carbons (Fsp3) is 0.680. The van der Waals surface area contributed by atoms with E-state index in [2.05, 4.69) is 24.0 Å². The van der Waals surface area contributed by atoms with Gasteiger partial charge in [-0.3, -0.25) is 0 Å². The number of unbranched alkanes of at least 4 members (excludes halogenated alkanes) is 2. The van der Waals surface area contributed by atoms with Gasteiger partial charge >= 0.3 is 0 Å². The van der Waals surface area contributed by atoms with Crippen molar-refractivity contribution in [3.63, 3.8) is 0 Å². The molecule has 0 spiro atoms. The Hall–Kier alpha value is -1.62. The number of benzene rings is 1. The summed E-state index contributed by atoms with van der Waals surface area (Å²) in [5.74, 6) is 2.79. The lowest BCUT2D eigenvalue weighted by atomic mass is 9.78. The van der Waals surface area contributed by atoms with Gasteiger partial charge in [0.05, 0.1) is 13.2 Å². The average molecular weight is 431 g/mol. The lowest BCUT2D eigenvalue weighted by Gasteiger charge is -2.28. The maximum Gasteiger partial charge on any atom is 0.294 e. The quantitative estimate of drug-likeness (QED) is 0.308. The molecule has 1 aliphatic carbocycles. The highest BCUT2D eigenvalue weighted by molar-refractivity contribution is 7.16. The normalized spacial score (nSPS) is 19.0. The molecule has 0 aliphatic heterocycles. The molecule has 2 aromatic rings. The third kappa shape index (κ3) is 7.57. The zero-order valence-electron chi connectivity index (χ0n) is 18.8. The minimum atomic E-state index is 0.677. The van der Waals surface area contributed by atoms with E-state index in [1.165, 1.54) is 69.1 Å². The van der Waals surface area contributed by atoms with E-state index in [9.17, 15) is 0 Å². The van der Waals surface area contributed by atoms with Crippen LogP contribution in [-0.4, -0.2) is 23.4 Å². The van der Waals surface area contributed by atoms with Crippen molar-refractivity contribution in [3.05, 3.63) is 24.3 Å². The lowest BCUT2D eigenvalue weighted by molar-refractivity contribution is 0.227. The summed E-state index contributed by atoms with van der Waals surface area (Å²) in [5.41, 5.74) is 1.06. The van der Waals surface area contributed by atoms with Crippen LogP contribution in [0, 0.1) is 11.8 Å². The maximum atomic E-state index is 5.88. The van der Waals surface area contributed by atoms with Crippen molar-refractivity contribution in [2.45, 2.75) is 84.5 Å².